The Bertz CT molecular complexity index is 1700. The standard InChI is InChI=1S/C33H45N3O8S3/c1-23-11-14-28(15-12-23)46(39,40)34-27-13-16-30-29(19-27)33(38)36(25(3)22-37)20-24(2)31(43-17-7-6-9-26(4)44-30)21-35(5)47(41,42)32-10-8-18-45-32/h8,10-16,18-19,24-26,31,34,37H,6-7,9,17,20-22H2,1-5H3/t24-,25+,26-,31-/m1/s1. The number of nitrogens with one attached hydrogen (secondary N) is 1. The molecular formula is C33H45N3O8S3. The van der Waals surface area contributed by atoms with Crippen molar-refractivity contribution in [1.82, 2.24) is 9.21 Å². The van der Waals surface area contributed by atoms with E-state index < -0.39 is 38.1 Å². The van der Waals surface area contributed by atoms with E-state index in [1.807, 2.05) is 20.8 Å². The monoisotopic (exact) mass is 707 g/mol. The van der Waals surface area contributed by atoms with Gasteiger partial charge >= 0.3 is 0 Å². The quantitative estimate of drug-likeness (QED) is 0.318. The molecule has 0 saturated carbocycles. The van der Waals surface area contributed by atoms with Gasteiger partial charge in [-0.05, 0) is 81.8 Å². The van der Waals surface area contributed by atoms with Crippen molar-refractivity contribution in [1.29, 1.82) is 0 Å². The number of aliphatic hydroxyl groups is 1. The lowest BCUT2D eigenvalue weighted by atomic mass is 10.0. The number of carbonyl (C=O) groups excluding carboxylic acids is 1. The lowest BCUT2D eigenvalue weighted by Crippen LogP contribution is -2.48. The van der Waals surface area contributed by atoms with Gasteiger partial charge in [0.05, 0.1) is 35.3 Å². The Morgan fingerprint density at radius 3 is 2.47 bits per heavy atom. The molecule has 1 aliphatic heterocycles. The second kappa shape index (κ2) is 15.9. The Morgan fingerprint density at radius 1 is 1.09 bits per heavy atom. The van der Waals surface area contributed by atoms with Crippen molar-refractivity contribution in [2.45, 2.75) is 74.3 Å². The lowest BCUT2D eigenvalue weighted by Gasteiger charge is -2.35. The van der Waals surface area contributed by atoms with E-state index in [0.717, 1.165) is 29.7 Å². The van der Waals surface area contributed by atoms with Crippen LogP contribution in [0, 0.1) is 12.8 Å². The van der Waals surface area contributed by atoms with Crippen molar-refractivity contribution in [2.24, 2.45) is 5.92 Å². The van der Waals surface area contributed by atoms with Gasteiger partial charge in [-0.3, -0.25) is 9.52 Å². The third-order valence-corrected chi connectivity index (χ3v) is 12.8. The van der Waals surface area contributed by atoms with Crippen LogP contribution in [0.25, 0.3) is 0 Å². The van der Waals surface area contributed by atoms with Crippen LogP contribution in [0.15, 0.2) is 69.1 Å². The molecule has 14 heteroatoms. The van der Waals surface area contributed by atoms with Crippen LogP contribution in [-0.2, 0) is 24.8 Å². The van der Waals surface area contributed by atoms with E-state index in [1.165, 1.54) is 34.5 Å². The fourth-order valence-electron chi connectivity index (χ4n) is 5.30. The molecule has 0 saturated heterocycles. The highest BCUT2D eigenvalue weighted by Crippen LogP contribution is 2.30. The highest BCUT2D eigenvalue weighted by atomic mass is 32.2. The van der Waals surface area contributed by atoms with Gasteiger partial charge in [-0.25, -0.2) is 16.8 Å². The summed E-state index contributed by atoms with van der Waals surface area (Å²) in [6.45, 7) is 7.64. The highest BCUT2D eigenvalue weighted by molar-refractivity contribution is 7.92. The first-order valence-electron chi connectivity index (χ1n) is 15.7. The number of anilines is 1. The second-order valence-electron chi connectivity index (χ2n) is 12.1. The number of hydrogen-bond acceptors (Lipinski definition) is 9. The molecule has 2 heterocycles. The largest absolute Gasteiger partial charge is 0.490 e. The van der Waals surface area contributed by atoms with Crippen molar-refractivity contribution in [3.63, 3.8) is 0 Å². The molecule has 258 valence electrons. The number of nitrogens with zero attached hydrogens (tertiary/aromatic N) is 2. The highest BCUT2D eigenvalue weighted by Gasteiger charge is 2.33. The van der Waals surface area contributed by atoms with Crippen LogP contribution in [-0.4, -0.2) is 88.7 Å². The number of benzene rings is 2. The third kappa shape index (κ3) is 9.33. The molecule has 4 atom stereocenters. The molecule has 3 aromatic rings. The first-order chi connectivity index (χ1) is 22.2. The summed E-state index contributed by atoms with van der Waals surface area (Å²) in [6.07, 6.45) is 1.35. The minimum absolute atomic E-state index is 0.0674. The van der Waals surface area contributed by atoms with Crippen molar-refractivity contribution in [3.05, 3.63) is 71.1 Å². The SMILES string of the molecule is Cc1ccc(S(=O)(=O)Nc2ccc3c(c2)C(=O)N([C@@H](C)CO)C[C@@H](C)[C@@H](CN(C)S(=O)(=O)c2cccs2)OCCCC[C@@H](C)O3)cc1. The number of rotatable bonds is 9. The molecule has 1 amide bonds. The van der Waals surface area contributed by atoms with E-state index in [4.69, 9.17) is 9.47 Å². The molecule has 0 unspecified atom stereocenters. The van der Waals surface area contributed by atoms with Gasteiger partial charge in [0.25, 0.3) is 26.0 Å². The maximum atomic E-state index is 14.3. The number of carbonyl (C=O) groups is 1. The van der Waals surface area contributed by atoms with Crippen LogP contribution >= 0.6 is 11.3 Å². The maximum absolute atomic E-state index is 14.3. The number of aryl methyl sites for hydroxylation is 1. The van der Waals surface area contributed by atoms with Crippen LogP contribution < -0.4 is 9.46 Å². The number of amides is 1. The fourth-order valence-corrected chi connectivity index (χ4v) is 8.73. The number of likely N-dealkylation sites (N-methyl/N-ethyl adjacent to an activating group) is 1. The zero-order chi connectivity index (χ0) is 34.4. The number of thiophene rings is 1. The number of hydrogen-bond donors (Lipinski definition) is 2. The predicted octanol–water partition coefficient (Wildman–Crippen LogP) is 4.97. The van der Waals surface area contributed by atoms with Crippen LogP contribution in [0.5, 0.6) is 5.75 Å². The Morgan fingerprint density at radius 2 is 1.81 bits per heavy atom. The number of fused-ring (bicyclic) bond motifs is 1. The minimum atomic E-state index is -3.95. The summed E-state index contributed by atoms with van der Waals surface area (Å²) in [5.41, 5.74) is 1.24. The van der Waals surface area contributed by atoms with Crippen LogP contribution in [0.1, 0.15) is 56.0 Å². The zero-order valence-corrected chi connectivity index (χ0v) is 29.9. The molecule has 2 N–H and O–H groups in total. The van der Waals surface area contributed by atoms with E-state index in [0.29, 0.717) is 18.8 Å². The normalized spacial score (nSPS) is 21.0. The smallest absolute Gasteiger partial charge is 0.261 e. The predicted molar refractivity (Wildman–Crippen MR) is 183 cm³/mol. The molecular weight excluding hydrogens is 663 g/mol. The number of aliphatic hydroxyl groups excluding tert-OH is 1. The first kappa shape index (κ1) is 36.8. The molecule has 47 heavy (non-hydrogen) atoms. The fraction of sp³-hybridized carbons (Fsp3) is 0.485. The van der Waals surface area contributed by atoms with Gasteiger partial charge in [0.15, 0.2) is 0 Å². The molecule has 1 aromatic heterocycles. The Hall–Kier alpha value is -3.01. The molecule has 0 fully saturated rings. The van der Waals surface area contributed by atoms with Gasteiger partial charge < -0.3 is 19.5 Å². The van der Waals surface area contributed by atoms with Gasteiger partial charge in [0.2, 0.25) is 0 Å². The average molecular weight is 708 g/mol. The van der Waals surface area contributed by atoms with Crippen LogP contribution in [0.3, 0.4) is 0 Å². The summed E-state index contributed by atoms with van der Waals surface area (Å²) in [6, 6.07) is 13.7. The van der Waals surface area contributed by atoms with E-state index in [9.17, 15) is 26.7 Å². The van der Waals surface area contributed by atoms with Gasteiger partial charge in [-0.2, -0.15) is 4.31 Å². The van der Waals surface area contributed by atoms with E-state index in [2.05, 4.69) is 4.72 Å². The minimum Gasteiger partial charge on any atom is -0.490 e. The van der Waals surface area contributed by atoms with Crippen molar-refractivity contribution in [3.8, 4) is 5.75 Å². The third-order valence-electron chi connectivity index (χ3n) is 8.23. The molecule has 0 spiro atoms. The molecule has 0 bridgehead atoms. The first-order valence-corrected chi connectivity index (χ1v) is 19.5. The molecule has 0 aliphatic carbocycles. The molecule has 0 radical (unpaired) electrons. The van der Waals surface area contributed by atoms with Gasteiger partial charge in [0, 0.05) is 38.3 Å². The lowest BCUT2D eigenvalue weighted by molar-refractivity contribution is -0.00832. The van der Waals surface area contributed by atoms with Gasteiger partial charge in [-0.1, -0.05) is 30.7 Å². The molecule has 2 aromatic carbocycles. The van der Waals surface area contributed by atoms with Crippen molar-refractivity contribution in [2.75, 3.05) is 38.1 Å². The Balaban J connectivity index is 1.68. The Kier molecular flexibility index (Phi) is 12.5. The summed E-state index contributed by atoms with van der Waals surface area (Å²) in [7, 11) is -6.17. The summed E-state index contributed by atoms with van der Waals surface area (Å²) in [5, 5.41) is 11.9. The molecule has 4 rings (SSSR count). The van der Waals surface area contributed by atoms with E-state index in [1.54, 1.807) is 48.7 Å². The second-order valence-corrected chi connectivity index (χ2v) is 17.0. The van der Waals surface area contributed by atoms with E-state index in [-0.39, 0.29) is 52.1 Å². The topological polar surface area (TPSA) is 143 Å². The van der Waals surface area contributed by atoms with Gasteiger partial charge in [0.1, 0.15) is 9.96 Å². The Labute approximate surface area is 282 Å². The van der Waals surface area contributed by atoms with Crippen molar-refractivity contribution < 1.29 is 36.2 Å². The summed E-state index contributed by atoms with van der Waals surface area (Å²) < 4.78 is 69.5. The van der Waals surface area contributed by atoms with Crippen LogP contribution in [0.2, 0.25) is 0 Å². The molecule has 1 aliphatic rings. The summed E-state index contributed by atoms with van der Waals surface area (Å²) in [5.74, 6) is -0.508. The van der Waals surface area contributed by atoms with Gasteiger partial charge in [-0.15, -0.1) is 11.3 Å². The number of sulfonamides is 2. The van der Waals surface area contributed by atoms with Crippen molar-refractivity contribution >= 4 is 43.0 Å². The zero-order valence-electron chi connectivity index (χ0n) is 27.5. The average Bonchev–Trinajstić information content (AvgIpc) is 3.59. The van der Waals surface area contributed by atoms with Crippen LogP contribution in [0.4, 0.5) is 5.69 Å². The summed E-state index contributed by atoms with van der Waals surface area (Å²) in [4.78, 5) is 15.9. The van der Waals surface area contributed by atoms with E-state index >= 15 is 0 Å². The maximum Gasteiger partial charge on any atom is 0.261 e. The molecule has 11 nitrogen and oxygen atoms in total. The number of ether oxygens (including phenoxy) is 2. The summed E-state index contributed by atoms with van der Waals surface area (Å²) >= 11 is 1.14.